The second-order valence-corrected chi connectivity index (χ2v) is 4.61. The first-order chi connectivity index (χ1) is 7.72. The summed E-state index contributed by atoms with van der Waals surface area (Å²) in [7, 11) is 1.47. The predicted molar refractivity (Wildman–Crippen MR) is 64.4 cm³/mol. The molecule has 0 aliphatic carbocycles. The van der Waals surface area contributed by atoms with Crippen LogP contribution in [0, 0.1) is 0 Å². The fourth-order valence-electron chi connectivity index (χ4n) is 1.37. The molecule has 1 aliphatic rings. The van der Waals surface area contributed by atoms with E-state index >= 15 is 0 Å². The van der Waals surface area contributed by atoms with Crippen LogP contribution in [-0.2, 0) is 9.63 Å². The largest absolute Gasteiger partial charge is 0.271 e. The Morgan fingerprint density at radius 3 is 2.69 bits per heavy atom. The van der Waals surface area contributed by atoms with Crippen LogP contribution in [0.5, 0.6) is 0 Å². The van der Waals surface area contributed by atoms with Crippen molar-refractivity contribution in [3.05, 3.63) is 30.3 Å². The highest BCUT2D eigenvalue weighted by molar-refractivity contribution is 8.15. The van der Waals surface area contributed by atoms with Gasteiger partial charge in [0.1, 0.15) is 0 Å². The Bertz CT molecular complexity index is 419. The van der Waals surface area contributed by atoms with E-state index in [2.05, 4.69) is 4.99 Å². The van der Waals surface area contributed by atoms with Crippen LogP contribution in [0.4, 0.5) is 5.69 Å². The number of amidine groups is 1. The van der Waals surface area contributed by atoms with Crippen molar-refractivity contribution in [1.29, 1.82) is 0 Å². The van der Waals surface area contributed by atoms with Crippen LogP contribution in [0.3, 0.4) is 0 Å². The second kappa shape index (κ2) is 4.67. The summed E-state index contributed by atoms with van der Waals surface area (Å²) in [6.45, 7) is 1.84. The summed E-state index contributed by atoms with van der Waals surface area (Å²) >= 11 is 1.40. The van der Waals surface area contributed by atoms with Crippen LogP contribution in [0.1, 0.15) is 6.92 Å². The minimum absolute atomic E-state index is 0.0674. The molecule has 0 saturated carbocycles. The monoisotopic (exact) mass is 236 g/mol. The summed E-state index contributed by atoms with van der Waals surface area (Å²) in [4.78, 5) is 21.0. The number of carbonyl (C=O) groups excluding carboxylic acids is 1. The van der Waals surface area contributed by atoms with Crippen molar-refractivity contribution in [1.82, 2.24) is 5.06 Å². The van der Waals surface area contributed by atoms with Crippen molar-refractivity contribution in [2.45, 2.75) is 12.2 Å². The van der Waals surface area contributed by atoms with E-state index in [1.807, 2.05) is 37.3 Å². The normalized spacial score (nSPS) is 23.1. The number of para-hydroxylation sites is 1. The lowest BCUT2D eigenvalue weighted by Gasteiger charge is -2.11. The number of benzene rings is 1. The van der Waals surface area contributed by atoms with E-state index < -0.39 is 0 Å². The quantitative estimate of drug-likeness (QED) is 0.790. The highest BCUT2D eigenvalue weighted by Gasteiger charge is 2.35. The third kappa shape index (κ3) is 2.10. The molecule has 16 heavy (non-hydrogen) atoms. The minimum Gasteiger partial charge on any atom is -0.271 e. The number of hydroxylamine groups is 2. The molecule has 0 aromatic heterocycles. The zero-order valence-electron chi connectivity index (χ0n) is 9.08. The maximum absolute atomic E-state index is 11.6. The van der Waals surface area contributed by atoms with Gasteiger partial charge in [-0.25, -0.2) is 4.99 Å². The molecule has 1 heterocycles. The van der Waals surface area contributed by atoms with Crippen molar-refractivity contribution < 1.29 is 9.63 Å². The number of hydrogen-bond donors (Lipinski definition) is 0. The Balaban J connectivity index is 2.28. The molecule has 5 heteroatoms. The zero-order valence-corrected chi connectivity index (χ0v) is 9.90. The van der Waals surface area contributed by atoms with Gasteiger partial charge in [-0.05, 0) is 19.1 Å². The molecule has 1 saturated heterocycles. The number of thioether (sulfide) groups is 1. The van der Waals surface area contributed by atoms with Gasteiger partial charge < -0.3 is 0 Å². The molecule has 1 aliphatic heterocycles. The number of hydrogen-bond acceptors (Lipinski definition) is 4. The Kier molecular flexibility index (Phi) is 3.26. The van der Waals surface area contributed by atoms with E-state index in [0.29, 0.717) is 5.17 Å². The molecular weight excluding hydrogens is 224 g/mol. The molecule has 1 atom stereocenters. The van der Waals surface area contributed by atoms with Gasteiger partial charge in [-0.15, -0.1) is 0 Å². The number of carbonyl (C=O) groups is 1. The van der Waals surface area contributed by atoms with Gasteiger partial charge >= 0.3 is 0 Å². The standard InChI is InChI=1S/C11H12N2O2S/c1-8-10(14)13(15-2)11(16-8)12-9-6-4-3-5-7-9/h3-8H,1-2H3. The van der Waals surface area contributed by atoms with Gasteiger partial charge in [0, 0.05) is 0 Å². The third-order valence-corrected chi connectivity index (χ3v) is 3.19. The van der Waals surface area contributed by atoms with E-state index in [1.54, 1.807) is 0 Å². The molecule has 0 spiro atoms. The molecule has 0 radical (unpaired) electrons. The fourth-order valence-corrected chi connectivity index (χ4v) is 2.30. The summed E-state index contributed by atoms with van der Waals surface area (Å²) in [5.41, 5.74) is 0.814. The number of rotatable bonds is 2. The average Bonchev–Trinajstić information content (AvgIpc) is 2.56. The second-order valence-electron chi connectivity index (χ2n) is 3.31. The van der Waals surface area contributed by atoms with Crippen LogP contribution < -0.4 is 0 Å². The van der Waals surface area contributed by atoms with Gasteiger partial charge in [-0.3, -0.25) is 9.63 Å². The molecule has 4 nitrogen and oxygen atoms in total. The Hall–Kier alpha value is -1.33. The van der Waals surface area contributed by atoms with Gasteiger partial charge in [0.25, 0.3) is 5.91 Å². The molecule has 84 valence electrons. The minimum atomic E-state index is -0.137. The summed E-state index contributed by atoms with van der Waals surface area (Å²) in [6.07, 6.45) is 0. The van der Waals surface area contributed by atoms with Crippen LogP contribution in [-0.4, -0.2) is 28.5 Å². The van der Waals surface area contributed by atoms with Crippen molar-refractivity contribution in [3.8, 4) is 0 Å². The number of nitrogens with zero attached hydrogens (tertiary/aromatic N) is 2. The highest BCUT2D eigenvalue weighted by Crippen LogP contribution is 2.28. The Morgan fingerprint density at radius 2 is 2.06 bits per heavy atom. The van der Waals surface area contributed by atoms with Gasteiger partial charge in [0.2, 0.25) is 0 Å². The van der Waals surface area contributed by atoms with Gasteiger partial charge in [-0.2, -0.15) is 5.06 Å². The van der Waals surface area contributed by atoms with Crippen LogP contribution in [0.15, 0.2) is 35.3 Å². The van der Waals surface area contributed by atoms with Crippen LogP contribution >= 0.6 is 11.8 Å². The van der Waals surface area contributed by atoms with Gasteiger partial charge in [0.05, 0.1) is 18.0 Å². The Labute approximate surface area is 98.3 Å². The number of aliphatic imine (C=N–C) groups is 1. The maximum Gasteiger partial charge on any atom is 0.266 e. The Morgan fingerprint density at radius 1 is 1.38 bits per heavy atom. The first-order valence-electron chi connectivity index (χ1n) is 4.91. The van der Waals surface area contributed by atoms with Crippen molar-refractivity contribution in [2.24, 2.45) is 4.99 Å². The molecule has 0 bridgehead atoms. The molecule has 1 fully saturated rings. The van der Waals surface area contributed by atoms with E-state index in [4.69, 9.17) is 4.84 Å². The fraction of sp³-hybridized carbons (Fsp3) is 0.273. The van der Waals surface area contributed by atoms with Crippen molar-refractivity contribution >= 4 is 28.5 Å². The average molecular weight is 236 g/mol. The van der Waals surface area contributed by atoms with Crippen molar-refractivity contribution in [3.63, 3.8) is 0 Å². The molecule has 1 aromatic rings. The summed E-state index contributed by atoms with van der Waals surface area (Å²) in [5, 5.41) is 1.69. The SMILES string of the molecule is CON1C(=O)C(C)SC1=Nc1ccccc1. The van der Waals surface area contributed by atoms with E-state index in [0.717, 1.165) is 5.69 Å². The van der Waals surface area contributed by atoms with E-state index in [-0.39, 0.29) is 11.2 Å². The summed E-state index contributed by atoms with van der Waals surface area (Å²) in [5.74, 6) is -0.0674. The lowest BCUT2D eigenvalue weighted by molar-refractivity contribution is -0.153. The topological polar surface area (TPSA) is 41.9 Å². The van der Waals surface area contributed by atoms with Gasteiger partial charge in [0.15, 0.2) is 5.17 Å². The van der Waals surface area contributed by atoms with Gasteiger partial charge in [-0.1, -0.05) is 30.0 Å². The molecule has 1 amide bonds. The van der Waals surface area contributed by atoms with Crippen LogP contribution in [0.2, 0.25) is 0 Å². The lowest BCUT2D eigenvalue weighted by atomic mass is 10.3. The van der Waals surface area contributed by atoms with E-state index in [9.17, 15) is 4.79 Å². The number of amides is 1. The highest BCUT2D eigenvalue weighted by atomic mass is 32.2. The first-order valence-corrected chi connectivity index (χ1v) is 5.79. The maximum atomic E-state index is 11.6. The molecular formula is C11H12N2O2S. The molecule has 1 aromatic carbocycles. The zero-order chi connectivity index (χ0) is 11.5. The smallest absolute Gasteiger partial charge is 0.266 e. The van der Waals surface area contributed by atoms with E-state index in [1.165, 1.54) is 23.9 Å². The third-order valence-electron chi connectivity index (χ3n) is 2.17. The predicted octanol–water partition coefficient (Wildman–Crippen LogP) is 2.20. The summed E-state index contributed by atoms with van der Waals surface area (Å²) in [6, 6.07) is 9.50. The molecule has 2 rings (SSSR count). The summed E-state index contributed by atoms with van der Waals surface area (Å²) < 4.78 is 0. The first kappa shape index (κ1) is 11.2. The lowest BCUT2D eigenvalue weighted by Crippen LogP contribution is -2.30. The van der Waals surface area contributed by atoms with Crippen LogP contribution in [0.25, 0.3) is 0 Å². The molecule has 1 unspecified atom stereocenters. The molecule has 0 N–H and O–H groups in total. The van der Waals surface area contributed by atoms with Crippen molar-refractivity contribution in [2.75, 3.05) is 7.11 Å².